The lowest BCUT2D eigenvalue weighted by molar-refractivity contribution is -0.115. The summed E-state index contributed by atoms with van der Waals surface area (Å²) in [6, 6.07) is 7.09. The molecule has 0 aliphatic rings. The first-order chi connectivity index (χ1) is 10.5. The maximum atomic E-state index is 11.9. The van der Waals surface area contributed by atoms with Gasteiger partial charge in [0.2, 0.25) is 11.1 Å². The number of nitrogens with one attached hydrogen (secondary N) is 1. The van der Waals surface area contributed by atoms with Crippen molar-refractivity contribution in [2.45, 2.75) is 32.0 Å². The summed E-state index contributed by atoms with van der Waals surface area (Å²) >= 11 is 7.36. The van der Waals surface area contributed by atoms with Crippen LogP contribution in [0.1, 0.15) is 20.3 Å². The Labute approximate surface area is 138 Å². The number of aromatic nitrogens is 4. The van der Waals surface area contributed by atoms with E-state index in [2.05, 4.69) is 34.7 Å². The van der Waals surface area contributed by atoms with Crippen LogP contribution in [0.2, 0.25) is 5.02 Å². The Balaban J connectivity index is 1.79. The highest BCUT2D eigenvalue weighted by Crippen LogP contribution is 2.18. The molecule has 1 N–H and O–H groups in total. The van der Waals surface area contributed by atoms with E-state index in [-0.39, 0.29) is 5.91 Å². The van der Waals surface area contributed by atoms with Crippen molar-refractivity contribution in [1.82, 2.24) is 20.2 Å². The Hall–Kier alpha value is -1.60. The fourth-order valence-corrected chi connectivity index (χ4v) is 2.80. The molecule has 0 saturated heterocycles. The maximum Gasteiger partial charge on any atom is 0.225 e. The van der Waals surface area contributed by atoms with Crippen molar-refractivity contribution >= 4 is 35.0 Å². The molecule has 2 aromatic rings. The number of hydrogen-bond donors (Lipinski definition) is 1. The zero-order valence-corrected chi connectivity index (χ0v) is 14.1. The topological polar surface area (TPSA) is 72.7 Å². The quantitative estimate of drug-likeness (QED) is 0.785. The zero-order valence-electron chi connectivity index (χ0n) is 12.5. The lowest BCUT2D eigenvalue weighted by Crippen LogP contribution is -2.12. The fourth-order valence-electron chi connectivity index (χ4n) is 1.79. The third-order valence-electron chi connectivity index (χ3n) is 2.71. The number of carbonyl (C=O) groups excluding carboxylic acids is 1. The molecule has 1 aromatic carbocycles. The second-order valence-corrected chi connectivity index (χ2v) is 6.69. The van der Waals surface area contributed by atoms with Gasteiger partial charge in [0, 0.05) is 29.4 Å². The minimum atomic E-state index is -0.0577. The number of thioether (sulfide) groups is 1. The number of hydrogen-bond acceptors (Lipinski definition) is 5. The van der Waals surface area contributed by atoms with E-state index < -0.39 is 0 Å². The largest absolute Gasteiger partial charge is 0.326 e. The van der Waals surface area contributed by atoms with Crippen molar-refractivity contribution in [3.63, 3.8) is 0 Å². The van der Waals surface area contributed by atoms with E-state index in [0.717, 1.165) is 11.7 Å². The highest BCUT2D eigenvalue weighted by Gasteiger charge is 2.10. The molecule has 0 fully saturated rings. The van der Waals surface area contributed by atoms with Gasteiger partial charge in [-0.1, -0.05) is 43.3 Å². The average molecular weight is 340 g/mol. The van der Waals surface area contributed by atoms with Gasteiger partial charge in [-0.2, -0.15) is 0 Å². The van der Waals surface area contributed by atoms with Gasteiger partial charge in [-0.05, 0) is 34.5 Å². The van der Waals surface area contributed by atoms with Gasteiger partial charge in [-0.25, -0.2) is 4.68 Å². The number of amides is 1. The molecular weight excluding hydrogens is 322 g/mol. The SMILES string of the molecule is CC(C)Cn1nnnc1SCCC(=O)Nc1cccc(Cl)c1. The van der Waals surface area contributed by atoms with Crippen molar-refractivity contribution < 1.29 is 4.79 Å². The Morgan fingerprint density at radius 3 is 3.00 bits per heavy atom. The molecule has 0 radical (unpaired) electrons. The number of tetrazole rings is 1. The summed E-state index contributed by atoms with van der Waals surface area (Å²) in [4.78, 5) is 11.9. The Morgan fingerprint density at radius 2 is 2.27 bits per heavy atom. The zero-order chi connectivity index (χ0) is 15.9. The van der Waals surface area contributed by atoms with Crippen molar-refractivity contribution in [2.75, 3.05) is 11.1 Å². The highest BCUT2D eigenvalue weighted by molar-refractivity contribution is 7.99. The molecule has 0 aliphatic heterocycles. The van der Waals surface area contributed by atoms with Gasteiger partial charge in [-0.15, -0.1) is 5.10 Å². The van der Waals surface area contributed by atoms with Crippen LogP contribution in [0.25, 0.3) is 0 Å². The predicted octanol–water partition coefficient (Wildman–Crippen LogP) is 3.10. The predicted molar refractivity (Wildman–Crippen MR) is 88.1 cm³/mol. The lowest BCUT2D eigenvalue weighted by Gasteiger charge is -2.07. The van der Waals surface area contributed by atoms with Gasteiger partial charge < -0.3 is 5.32 Å². The molecule has 1 aromatic heterocycles. The van der Waals surface area contributed by atoms with Crippen LogP contribution in [0.5, 0.6) is 0 Å². The first-order valence-corrected chi connectivity index (χ1v) is 8.35. The summed E-state index contributed by atoms with van der Waals surface area (Å²) in [6.45, 7) is 4.98. The summed E-state index contributed by atoms with van der Waals surface area (Å²) in [5.74, 6) is 1.02. The summed E-state index contributed by atoms with van der Waals surface area (Å²) in [5, 5.41) is 15.8. The van der Waals surface area contributed by atoms with Gasteiger partial charge in [-0.3, -0.25) is 4.79 Å². The van der Waals surface area contributed by atoms with Crippen molar-refractivity contribution in [3.05, 3.63) is 29.3 Å². The first kappa shape index (κ1) is 16.8. The van der Waals surface area contributed by atoms with Crippen LogP contribution in [0.3, 0.4) is 0 Å². The van der Waals surface area contributed by atoms with E-state index in [1.807, 2.05) is 0 Å². The van der Waals surface area contributed by atoms with Gasteiger partial charge in [0.25, 0.3) is 0 Å². The van der Waals surface area contributed by atoms with E-state index in [1.54, 1.807) is 28.9 Å². The van der Waals surface area contributed by atoms with Crippen LogP contribution in [-0.4, -0.2) is 31.9 Å². The molecule has 118 valence electrons. The van der Waals surface area contributed by atoms with E-state index in [4.69, 9.17) is 11.6 Å². The summed E-state index contributed by atoms with van der Waals surface area (Å²) < 4.78 is 1.77. The normalized spacial score (nSPS) is 10.9. The summed E-state index contributed by atoms with van der Waals surface area (Å²) in [6.07, 6.45) is 0.381. The average Bonchev–Trinajstić information content (AvgIpc) is 2.85. The number of halogens is 1. The van der Waals surface area contributed by atoms with E-state index >= 15 is 0 Å². The minimum absolute atomic E-state index is 0.0577. The maximum absolute atomic E-state index is 11.9. The first-order valence-electron chi connectivity index (χ1n) is 6.99. The monoisotopic (exact) mass is 339 g/mol. The second kappa shape index (κ2) is 8.14. The third-order valence-corrected chi connectivity index (χ3v) is 3.90. The Kier molecular flexibility index (Phi) is 6.21. The van der Waals surface area contributed by atoms with Crippen LogP contribution in [0.4, 0.5) is 5.69 Å². The van der Waals surface area contributed by atoms with Crippen molar-refractivity contribution in [1.29, 1.82) is 0 Å². The number of carbonyl (C=O) groups is 1. The molecule has 8 heteroatoms. The van der Waals surface area contributed by atoms with Crippen LogP contribution in [-0.2, 0) is 11.3 Å². The van der Waals surface area contributed by atoms with Crippen LogP contribution >= 0.6 is 23.4 Å². The van der Waals surface area contributed by atoms with Gasteiger partial charge in [0.1, 0.15) is 0 Å². The van der Waals surface area contributed by atoms with Gasteiger partial charge in [0.15, 0.2) is 0 Å². The van der Waals surface area contributed by atoms with E-state index in [0.29, 0.717) is 28.8 Å². The molecule has 22 heavy (non-hydrogen) atoms. The number of anilines is 1. The Morgan fingerprint density at radius 1 is 1.45 bits per heavy atom. The third kappa shape index (κ3) is 5.31. The van der Waals surface area contributed by atoms with E-state index in [9.17, 15) is 4.79 Å². The standard InChI is InChI=1S/C14H18ClN5OS/c1-10(2)9-20-14(17-18-19-20)22-7-6-13(21)16-12-5-3-4-11(15)8-12/h3-5,8,10H,6-7,9H2,1-2H3,(H,16,21). The fraction of sp³-hybridized carbons (Fsp3) is 0.429. The number of nitrogens with zero attached hydrogens (tertiary/aromatic N) is 4. The highest BCUT2D eigenvalue weighted by atomic mass is 35.5. The molecule has 0 unspecified atom stereocenters. The molecule has 1 heterocycles. The number of benzene rings is 1. The molecule has 2 rings (SSSR count). The second-order valence-electron chi connectivity index (χ2n) is 5.19. The molecular formula is C14H18ClN5OS. The van der Waals surface area contributed by atoms with Crippen LogP contribution < -0.4 is 5.32 Å². The Bertz CT molecular complexity index is 631. The molecule has 0 bridgehead atoms. The van der Waals surface area contributed by atoms with Crippen molar-refractivity contribution in [3.8, 4) is 0 Å². The van der Waals surface area contributed by atoms with Crippen LogP contribution in [0.15, 0.2) is 29.4 Å². The van der Waals surface area contributed by atoms with Gasteiger partial charge in [0.05, 0.1) is 0 Å². The summed E-state index contributed by atoms with van der Waals surface area (Å²) in [5.41, 5.74) is 0.701. The van der Waals surface area contributed by atoms with Crippen LogP contribution in [0, 0.1) is 5.92 Å². The molecule has 0 spiro atoms. The summed E-state index contributed by atoms with van der Waals surface area (Å²) in [7, 11) is 0. The molecule has 0 aliphatic carbocycles. The number of rotatable bonds is 7. The molecule has 0 atom stereocenters. The molecule has 6 nitrogen and oxygen atoms in total. The molecule has 1 amide bonds. The molecule has 0 saturated carbocycles. The van der Waals surface area contributed by atoms with Crippen molar-refractivity contribution in [2.24, 2.45) is 5.92 Å². The smallest absolute Gasteiger partial charge is 0.225 e. The lowest BCUT2D eigenvalue weighted by atomic mass is 10.2. The van der Waals surface area contributed by atoms with Gasteiger partial charge >= 0.3 is 0 Å². The minimum Gasteiger partial charge on any atom is -0.326 e. The van der Waals surface area contributed by atoms with E-state index in [1.165, 1.54) is 11.8 Å².